The van der Waals surface area contributed by atoms with E-state index in [0.29, 0.717) is 135 Å². The van der Waals surface area contributed by atoms with Crippen LogP contribution in [0, 0.1) is 0 Å². The summed E-state index contributed by atoms with van der Waals surface area (Å²) in [5.74, 6) is 0. The van der Waals surface area contributed by atoms with E-state index in [9.17, 15) is 56.2 Å². The van der Waals surface area contributed by atoms with Crippen LogP contribution >= 0.6 is 0 Å². The van der Waals surface area contributed by atoms with Crippen LogP contribution in [0.5, 0.6) is 0 Å². The number of aliphatic hydroxyl groups excluding tert-OH is 7. The van der Waals surface area contributed by atoms with Gasteiger partial charge in [0.1, 0.15) is 48.8 Å². The Morgan fingerprint density at radius 2 is 0.720 bits per heavy atom. The number of aliphatic hydroxyl groups is 12. The summed E-state index contributed by atoms with van der Waals surface area (Å²) in [5.41, 5.74) is -3.23. The molecule has 484 valence electrons. The molecule has 0 aromatic carbocycles. The quantitative estimate of drug-likeness (QED) is 0.0259. The van der Waals surface area contributed by atoms with Gasteiger partial charge in [-0.25, -0.2) is 0 Å². The van der Waals surface area contributed by atoms with Gasteiger partial charge in [0.25, 0.3) is 0 Å². The molecule has 17 unspecified atom stereocenters. The van der Waals surface area contributed by atoms with Gasteiger partial charge in [-0.3, -0.25) is 0 Å². The second kappa shape index (κ2) is 36.1. The number of hydrogen-bond acceptors (Lipinski definition) is 18. The Hall–Kier alpha value is -1.50. The predicted octanol–water partition coefficient (Wildman–Crippen LogP) is 7.80. The van der Waals surface area contributed by atoms with Crippen LogP contribution in [0.4, 0.5) is 0 Å². The lowest BCUT2D eigenvalue weighted by atomic mass is 9.83. The molecular weight excluding hydrogens is 1060 g/mol. The minimum Gasteiger partial charge on any atom is -0.394 e. The first-order chi connectivity index (χ1) is 38.1. The smallest absolute Gasteiger partial charge is 0.187 e. The van der Waals surface area contributed by atoms with E-state index in [1.165, 1.54) is 25.4 Å². The van der Waals surface area contributed by atoms with Gasteiger partial charge in [0.05, 0.1) is 59.0 Å². The van der Waals surface area contributed by atoms with Gasteiger partial charge in [0.2, 0.25) is 0 Å². The van der Waals surface area contributed by atoms with Crippen LogP contribution in [0.1, 0.15) is 237 Å². The summed E-state index contributed by atoms with van der Waals surface area (Å²) < 4.78 is 35.8. The van der Waals surface area contributed by atoms with Crippen LogP contribution in [0.3, 0.4) is 0 Å². The van der Waals surface area contributed by atoms with E-state index in [4.69, 9.17) is 33.5 Å². The van der Waals surface area contributed by atoms with Gasteiger partial charge >= 0.3 is 0 Å². The molecule has 2 saturated heterocycles. The van der Waals surface area contributed by atoms with Crippen molar-refractivity contribution in [3.05, 3.63) is 34.9 Å². The third-order valence-corrected chi connectivity index (χ3v) is 17.5. The lowest BCUT2D eigenvalue weighted by Crippen LogP contribution is -2.61. The molecule has 2 fully saturated rings. The van der Waals surface area contributed by atoms with Crippen LogP contribution < -0.4 is 0 Å². The Kier molecular flexibility index (Phi) is 33.7. The van der Waals surface area contributed by atoms with Gasteiger partial charge in [-0.2, -0.15) is 0 Å². The Labute approximate surface area is 494 Å². The van der Waals surface area contributed by atoms with Crippen LogP contribution in [-0.2, 0) is 28.4 Å². The molecule has 12 N–H and O–H groups in total. The Morgan fingerprint density at radius 1 is 0.402 bits per heavy atom. The molecule has 82 heavy (non-hydrogen) atoms. The van der Waals surface area contributed by atoms with Crippen molar-refractivity contribution in [1.82, 2.24) is 0 Å². The number of methoxy groups -OCH3 is 2. The van der Waals surface area contributed by atoms with Crippen molar-refractivity contribution in [2.24, 2.45) is 0 Å². The molecule has 2 aliphatic heterocycles. The third-order valence-electron chi connectivity index (χ3n) is 17.5. The molecule has 0 aromatic rings. The highest BCUT2D eigenvalue weighted by Gasteiger charge is 2.49. The normalized spacial score (nSPS) is 29.1. The SMILES string of the molecule is COC1C(CO)OC(OC(C)(CCC=C(C)CCC=C(C)C)CCCC(C)(O)CCCC(C)(CCCC(C)(O)CCCC(C)(O)CCCC(C)(O)CCCC(C)(O)CCCC(C)=CCO)OC2OC(CO)C(OC)C(O)C2O)C(O)C1O. The van der Waals surface area contributed by atoms with Crippen molar-refractivity contribution < 1.29 is 89.7 Å². The fourth-order valence-corrected chi connectivity index (χ4v) is 12.0. The zero-order valence-corrected chi connectivity index (χ0v) is 53.1. The summed E-state index contributed by atoms with van der Waals surface area (Å²) in [6.07, 6.45) is 8.26. The zero-order valence-electron chi connectivity index (χ0n) is 53.1. The van der Waals surface area contributed by atoms with Gasteiger partial charge in [0, 0.05) is 14.2 Å². The molecule has 2 heterocycles. The molecule has 2 rings (SSSR count). The molecule has 0 bridgehead atoms. The highest BCUT2D eigenvalue weighted by Crippen LogP contribution is 2.38. The second-order valence-corrected chi connectivity index (χ2v) is 27.1. The van der Waals surface area contributed by atoms with Crippen molar-refractivity contribution >= 4 is 0 Å². The largest absolute Gasteiger partial charge is 0.394 e. The van der Waals surface area contributed by atoms with E-state index < -0.39 is 114 Å². The maximum atomic E-state index is 11.9. The fourth-order valence-electron chi connectivity index (χ4n) is 12.0. The molecule has 18 heteroatoms. The standard InChI is InChI=1S/C64H120O18/c1-45(2)23-14-24-46(3)26-16-38-63(10,81-56-52(70)50(68)54(77-12)48(43-66)79-56)39-20-36-62(9,76)37-22-41-64(11,82-57-53(71)51(69)55(78-13)49(44-67)80-57)40-21-35-61(8,75)34-19-33-60(7,74)32-18-31-59(6,73)30-17-29-58(5,72)28-15-25-47(4)27-42-65/h23,26-27,48-57,65-76H,14-22,24-25,28-44H2,1-13H3. The second-order valence-electron chi connectivity index (χ2n) is 27.1. The number of allylic oxidation sites excluding steroid dienone is 5. The summed E-state index contributed by atoms with van der Waals surface area (Å²) in [5, 5.41) is 130. The molecule has 17 atom stereocenters. The first-order valence-corrected chi connectivity index (χ1v) is 30.9. The van der Waals surface area contributed by atoms with E-state index in [1.54, 1.807) is 26.8 Å². The minimum atomic E-state index is -1.50. The first kappa shape index (κ1) is 76.6. The summed E-state index contributed by atoms with van der Waals surface area (Å²) >= 11 is 0. The summed E-state index contributed by atoms with van der Waals surface area (Å²) in [6, 6.07) is 0. The molecule has 2 aliphatic rings. The summed E-state index contributed by atoms with van der Waals surface area (Å²) in [6.45, 7) is 20.1. The first-order valence-electron chi connectivity index (χ1n) is 30.9. The summed E-state index contributed by atoms with van der Waals surface area (Å²) in [4.78, 5) is 0. The van der Waals surface area contributed by atoms with Crippen molar-refractivity contribution in [2.75, 3.05) is 34.0 Å². The Balaban J connectivity index is 2.10. The molecule has 0 amide bonds. The maximum absolute atomic E-state index is 11.9. The van der Waals surface area contributed by atoms with Crippen LogP contribution in [-0.4, -0.2) is 196 Å². The number of ether oxygens (including phenoxy) is 6. The summed E-state index contributed by atoms with van der Waals surface area (Å²) in [7, 11) is 2.74. The van der Waals surface area contributed by atoms with Crippen molar-refractivity contribution in [1.29, 1.82) is 0 Å². The van der Waals surface area contributed by atoms with E-state index >= 15 is 0 Å². The third kappa shape index (κ3) is 29.0. The van der Waals surface area contributed by atoms with Crippen molar-refractivity contribution in [2.45, 2.75) is 337 Å². The monoisotopic (exact) mass is 1180 g/mol. The van der Waals surface area contributed by atoms with Gasteiger partial charge in [-0.15, -0.1) is 0 Å². The van der Waals surface area contributed by atoms with Gasteiger partial charge in [-0.1, -0.05) is 34.9 Å². The number of rotatable bonds is 43. The Bertz CT molecular complexity index is 1840. The molecular formula is C64H120O18. The van der Waals surface area contributed by atoms with E-state index in [2.05, 4.69) is 32.9 Å². The predicted molar refractivity (Wildman–Crippen MR) is 319 cm³/mol. The minimum absolute atomic E-state index is 0.0150. The van der Waals surface area contributed by atoms with Gasteiger partial charge in [0.15, 0.2) is 12.6 Å². The number of hydrogen-bond donors (Lipinski definition) is 12. The van der Waals surface area contributed by atoms with E-state index in [0.717, 1.165) is 31.3 Å². The molecule has 18 nitrogen and oxygen atoms in total. The average Bonchev–Trinajstić information content (AvgIpc) is 3.44. The average molecular weight is 1180 g/mol. The van der Waals surface area contributed by atoms with E-state index in [1.807, 2.05) is 34.6 Å². The zero-order chi connectivity index (χ0) is 62.2. The van der Waals surface area contributed by atoms with Crippen LogP contribution in [0.2, 0.25) is 0 Å². The molecule has 0 aromatic heterocycles. The molecule has 0 saturated carbocycles. The van der Waals surface area contributed by atoms with Crippen LogP contribution in [0.15, 0.2) is 34.9 Å². The van der Waals surface area contributed by atoms with Crippen molar-refractivity contribution in [3.8, 4) is 0 Å². The topological polar surface area (TPSA) is 298 Å². The molecule has 0 radical (unpaired) electrons. The van der Waals surface area contributed by atoms with Crippen LogP contribution in [0.25, 0.3) is 0 Å². The Morgan fingerprint density at radius 3 is 1.04 bits per heavy atom. The fraction of sp³-hybridized carbons (Fsp3) is 0.906. The molecule has 0 spiro atoms. The molecule has 0 aliphatic carbocycles. The van der Waals surface area contributed by atoms with Gasteiger partial charge < -0.3 is 89.7 Å². The highest BCUT2D eigenvalue weighted by molar-refractivity contribution is 5.03. The van der Waals surface area contributed by atoms with Gasteiger partial charge in [-0.05, 0) is 237 Å². The van der Waals surface area contributed by atoms with E-state index in [-0.39, 0.29) is 6.61 Å². The lowest BCUT2D eigenvalue weighted by molar-refractivity contribution is -0.329. The lowest BCUT2D eigenvalue weighted by Gasteiger charge is -2.45. The highest BCUT2D eigenvalue weighted by atomic mass is 16.7. The maximum Gasteiger partial charge on any atom is 0.187 e. The van der Waals surface area contributed by atoms with Crippen molar-refractivity contribution in [3.63, 3.8) is 0 Å².